The molecule has 2 rings (SSSR count). The molecule has 7 nitrogen and oxygen atoms in total. The van der Waals surface area contributed by atoms with E-state index in [2.05, 4.69) is 4.98 Å². The summed E-state index contributed by atoms with van der Waals surface area (Å²) in [5, 5.41) is 19.8. The van der Waals surface area contributed by atoms with E-state index in [1.54, 1.807) is 0 Å². The van der Waals surface area contributed by atoms with Gasteiger partial charge in [-0.25, -0.2) is 9.78 Å². The predicted octanol–water partition coefficient (Wildman–Crippen LogP) is 2.57. The molecule has 0 aromatic carbocycles. The molecular formula is C11H8N2O5S. The van der Waals surface area contributed by atoms with Crippen molar-refractivity contribution >= 4 is 23.6 Å². The zero-order valence-electron chi connectivity index (χ0n) is 9.48. The van der Waals surface area contributed by atoms with Crippen LogP contribution in [0.15, 0.2) is 39.9 Å². The Hall–Kier alpha value is -2.35. The molecule has 0 radical (unpaired) electrons. The quantitative estimate of drug-likeness (QED) is 0.509. The van der Waals surface area contributed by atoms with Crippen LogP contribution in [0.3, 0.4) is 0 Å². The van der Waals surface area contributed by atoms with Crippen molar-refractivity contribution in [3.63, 3.8) is 0 Å². The fraction of sp³-hybridized carbons (Fsp3) is 0.0909. The zero-order chi connectivity index (χ0) is 13.8. The summed E-state index contributed by atoms with van der Waals surface area (Å²) in [7, 11) is 0. The highest BCUT2D eigenvalue weighted by Gasteiger charge is 2.14. The van der Waals surface area contributed by atoms with Crippen molar-refractivity contribution < 1.29 is 19.2 Å². The summed E-state index contributed by atoms with van der Waals surface area (Å²) >= 11 is 1.15. The van der Waals surface area contributed by atoms with Crippen molar-refractivity contribution in [2.45, 2.75) is 10.8 Å². The molecule has 0 saturated heterocycles. The van der Waals surface area contributed by atoms with Gasteiger partial charge >= 0.3 is 11.9 Å². The molecular weight excluding hydrogens is 272 g/mol. The molecule has 0 unspecified atom stereocenters. The lowest BCUT2D eigenvalue weighted by Gasteiger charge is -2.02. The Kier molecular flexibility index (Phi) is 3.81. The molecule has 0 aliphatic carbocycles. The maximum Gasteiger partial charge on any atom is 0.433 e. The van der Waals surface area contributed by atoms with Gasteiger partial charge in [0, 0.05) is 6.20 Å². The molecule has 2 heterocycles. The first-order valence-electron chi connectivity index (χ1n) is 5.12. The van der Waals surface area contributed by atoms with Gasteiger partial charge in [-0.1, -0.05) is 11.8 Å². The highest BCUT2D eigenvalue weighted by atomic mass is 32.2. The van der Waals surface area contributed by atoms with E-state index in [0.717, 1.165) is 11.8 Å². The molecule has 0 saturated carbocycles. The highest BCUT2D eigenvalue weighted by molar-refractivity contribution is 7.98. The Bertz CT molecular complexity index is 625. The van der Waals surface area contributed by atoms with Crippen molar-refractivity contribution in [2.75, 3.05) is 0 Å². The fourth-order valence-electron chi connectivity index (χ4n) is 1.35. The van der Waals surface area contributed by atoms with Crippen molar-refractivity contribution in [3.8, 4) is 0 Å². The number of nitro groups is 1. The minimum atomic E-state index is -1.07. The molecule has 0 aliphatic heterocycles. The largest absolute Gasteiger partial charge is 0.478 e. The minimum Gasteiger partial charge on any atom is -0.478 e. The summed E-state index contributed by atoms with van der Waals surface area (Å²) in [6.07, 6.45) is 1.49. The number of rotatable bonds is 5. The zero-order valence-corrected chi connectivity index (χ0v) is 10.3. The van der Waals surface area contributed by atoms with Gasteiger partial charge < -0.3 is 9.52 Å². The maximum absolute atomic E-state index is 11.0. The molecule has 1 N–H and O–H groups in total. The number of aromatic carboxylic acids is 1. The van der Waals surface area contributed by atoms with Gasteiger partial charge in [0.2, 0.25) is 0 Å². The van der Waals surface area contributed by atoms with Crippen LogP contribution in [0, 0.1) is 10.1 Å². The van der Waals surface area contributed by atoms with Crippen LogP contribution in [0.1, 0.15) is 16.1 Å². The molecule has 0 atom stereocenters. The third-order valence-corrected chi connectivity index (χ3v) is 3.21. The number of carbonyl (C=O) groups is 1. The van der Waals surface area contributed by atoms with E-state index in [0.29, 0.717) is 10.8 Å². The van der Waals surface area contributed by atoms with Crippen LogP contribution in [0.4, 0.5) is 5.88 Å². The van der Waals surface area contributed by atoms with Crippen LogP contribution in [0.25, 0.3) is 0 Å². The van der Waals surface area contributed by atoms with Gasteiger partial charge in [0.1, 0.15) is 15.7 Å². The molecule has 0 amide bonds. The van der Waals surface area contributed by atoms with Crippen LogP contribution >= 0.6 is 11.8 Å². The smallest absolute Gasteiger partial charge is 0.433 e. The average molecular weight is 280 g/mol. The van der Waals surface area contributed by atoms with E-state index in [1.165, 1.54) is 30.5 Å². The number of thioether (sulfide) groups is 1. The first-order valence-corrected chi connectivity index (χ1v) is 6.10. The Labute approximate surface area is 111 Å². The standard InChI is InChI=1S/C11H8N2O5S/c14-11(15)8-2-1-5-12-10(8)19-6-7-3-4-9(18-7)13(16)17/h1-5H,6H2,(H,14,15). The van der Waals surface area contributed by atoms with Gasteiger partial charge in [-0.2, -0.15) is 0 Å². The maximum atomic E-state index is 11.0. The molecule has 0 fully saturated rings. The number of carboxylic acid groups (broad SMARTS) is 1. The van der Waals surface area contributed by atoms with Crippen LogP contribution in [0.2, 0.25) is 0 Å². The Balaban J connectivity index is 2.10. The number of nitrogens with zero attached hydrogens (tertiary/aromatic N) is 2. The SMILES string of the molecule is O=C(O)c1cccnc1SCc1ccc([N+](=O)[O-])o1. The molecule has 0 bridgehead atoms. The van der Waals surface area contributed by atoms with Crippen molar-refractivity contribution in [1.82, 2.24) is 4.98 Å². The number of carboxylic acids is 1. The van der Waals surface area contributed by atoms with E-state index < -0.39 is 10.9 Å². The predicted molar refractivity (Wildman–Crippen MR) is 66.1 cm³/mol. The Morgan fingerprint density at radius 3 is 2.89 bits per heavy atom. The van der Waals surface area contributed by atoms with Gasteiger partial charge in [0.15, 0.2) is 0 Å². The number of pyridine rings is 1. The minimum absolute atomic E-state index is 0.0913. The summed E-state index contributed by atoms with van der Waals surface area (Å²) in [5.74, 6) is -0.750. The monoisotopic (exact) mass is 280 g/mol. The summed E-state index contributed by atoms with van der Waals surface area (Å²) in [4.78, 5) is 24.7. The van der Waals surface area contributed by atoms with Gasteiger partial charge in [0.05, 0.1) is 17.4 Å². The summed E-state index contributed by atoms with van der Waals surface area (Å²) in [6, 6.07) is 5.72. The van der Waals surface area contributed by atoms with Crippen LogP contribution in [-0.2, 0) is 5.75 Å². The first kappa shape index (κ1) is 13.1. The van der Waals surface area contributed by atoms with Gasteiger partial charge in [0.25, 0.3) is 0 Å². The lowest BCUT2D eigenvalue weighted by atomic mass is 10.3. The van der Waals surface area contributed by atoms with Crippen molar-refractivity contribution in [3.05, 3.63) is 51.9 Å². The van der Waals surface area contributed by atoms with E-state index in [9.17, 15) is 14.9 Å². The van der Waals surface area contributed by atoms with Gasteiger partial charge in [-0.3, -0.25) is 10.1 Å². The molecule has 0 spiro atoms. The topological polar surface area (TPSA) is 106 Å². The molecule has 98 valence electrons. The van der Waals surface area contributed by atoms with E-state index >= 15 is 0 Å². The van der Waals surface area contributed by atoms with Crippen LogP contribution in [0.5, 0.6) is 0 Å². The van der Waals surface area contributed by atoms with Crippen molar-refractivity contribution in [1.29, 1.82) is 0 Å². The van der Waals surface area contributed by atoms with E-state index in [1.807, 2.05) is 0 Å². The second kappa shape index (κ2) is 5.53. The molecule has 8 heteroatoms. The van der Waals surface area contributed by atoms with E-state index in [-0.39, 0.29) is 17.2 Å². The Morgan fingerprint density at radius 1 is 1.47 bits per heavy atom. The number of hydrogen-bond acceptors (Lipinski definition) is 6. The highest BCUT2D eigenvalue weighted by Crippen LogP contribution is 2.26. The third kappa shape index (κ3) is 3.10. The summed E-state index contributed by atoms with van der Waals surface area (Å²) < 4.78 is 4.97. The second-order valence-corrected chi connectivity index (χ2v) is 4.41. The number of furan rings is 1. The summed E-state index contributed by atoms with van der Waals surface area (Å²) in [5.41, 5.74) is 0.0913. The molecule has 2 aromatic heterocycles. The first-order chi connectivity index (χ1) is 9.08. The van der Waals surface area contributed by atoms with E-state index in [4.69, 9.17) is 9.52 Å². The van der Waals surface area contributed by atoms with Crippen LogP contribution < -0.4 is 0 Å². The second-order valence-electron chi connectivity index (χ2n) is 3.45. The molecule has 19 heavy (non-hydrogen) atoms. The number of aromatic nitrogens is 1. The number of hydrogen-bond donors (Lipinski definition) is 1. The molecule has 2 aromatic rings. The van der Waals surface area contributed by atoms with Crippen molar-refractivity contribution in [2.24, 2.45) is 0 Å². The fourth-order valence-corrected chi connectivity index (χ4v) is 2.23. The van der Waals surface area contributed by atoms with Crippen LogP contribution in [-0.4, -0.2) is 21.0 Å². The third-order valence-electron chi connectivity index (χ3n) is 2.18. The normalized spacial score (nSPS) is 10.3. The van der Waals surface area contributed by atoms with Gasteiger partial charge in [-0.05, 0) is 18.2 Å². The molecule has 0 aliphatic rings. The Morgan fingerprint density at radius 2 is 2.26 bits per heavy atom. The lowest BCUT2D eigenvalue weighted by Crippen LogP contribution is -2.00. The summed E-state index contributed by atoms with van der Waals surface area (Å²) in [6.45, 7) is 0. The van der Waals surface area contributed by atoms with Gasteiger partial charge in [-0.15, -0.1) is 0 Å². The lowest BCUT2D eigenvalue weighted by molar-refractivity contribution is -0.402. The average Bonchev–Trinajstić information content (AvgIpc) is 2.85.